The Morgan fingerprint density at radius 2 is 2.40 bits per heavy atom. The number of nitrogens with zero attached hydrogens (tertiary/aromatic N) is 1. The number of alkyl halides is 1. The number of rotatable bonds is 3. The van der Waals surface area contributed by atoms with Crippen LogP contribution in [0.2, 0.25) is 0 Å². The minimum absolute atomic E-state index is 0.208. The fraction of sp³-hybridized carbons (Fsp3) is 0.111. The highest BCUT2D eigenvalue weighted by molar-refractivity contribution is 9.09. The predicted octanol–water partition coefficient (Wildman–Crippen LogP) is 1.86. The summed E-state index contributed by atoms with van der Waals surface area (Å²) in [6.07, 6.45) is 0. The molecule has 1 N–H and O–H groups in total. The smallest absolute Gasteiger partial charge is 0.307 e. The summed E-state index contributed by atoms with van der Waals surface area (Å²) in [7, 11) is 0. The zero-order valence-corrected chi connectivity index (χ0v) is 9.89. The van der Waals surface area contributed by atoms with Gasteiger partial charge in [-0.3, -0.25) is 4.79 Å². The molecule has 0 saturated carbocycles. The maximum atomic E-state index is 11.9. The first kappa shape index (κ1) is 10.4. The van der Waals surface area contributed by atoms with Crippen LogP contribution >= 0.6 is 27.3 Å². The van der Waals surface area contributed by atoms with Crippen molar-refractivity contribution in [3.8, 4) is 0 Å². The van der Waals surface area contributed by atoms with Crippen LogP contribution in [0, 0.1) is 0 Å². The lowest BCUT2D eigenvalue weighted by molar-refractivity contribution is 0.103. The van der Waals surface area contributed by atoms with Gasteiger partial charge in [0, 0.05) is 5.33 Å². The van der Waals surface area contributed by atoms with Gasteiger partial charge in [-0.05, 0) is 11.4 Å². The molecule has 0 aliphatic carbocycles. The minimum atomic E-state index is -0.482. The van der Waals surface area contributed by atoms with Crippen molar-refractivity contribution in [2.75, 3.05) is 5.33 Å². The Bertz CT molecular complexity index is 439. The summed E-state index contributed by atoms with van der Waals surface area (Å²) < 4.78 is 0. The maximum absolute atomic E-state index is 11.9. The molecule has 6 heteroatoms. The van der Waals surface area contributed by atoms with Crippen LogP contribution in [-0.2, 0) is 0 Å². The van der Waals surface area contributed by atoms with Crippen molar-refractivity contribution >= 4 is 39.1 Å². The van der Waals surface area contributed by atoms with Gasteiger partial charge in [0.05, 0.1) is 10.6 Å². The van der Waals surface area contributed by atoms with E-state index in [1.807, 2.05) is 5.38 Å². The lowest BCUT2D eigenvalue weighted by atomic mass is 10.2. The molecule has 0 atom stereocenters. The van der Waals surface area contributed by atoms with Crippen LogP contribution in [0.25, 0.3) is 0 Å². The Balaban J connectivity index is 2.31. The number of carbonyl (C=O) groups is 2. The van der Waals surface area contributed by atoms with Crippen molar-refractivity contribution in [2.45, 2.75) is 0 Å². The summed E-state index contributed by atoms with van der Waals surface area (Å²) in [5, 5.41) is 8.38. The van der Waals surface area contributed by atoms with Crippen LogP contribution in [0.5, 0.6) is 0 Å². The van der Waals surface area contributed by atoms with E-state index in [0.717, 1.165) is 0 Å². The molecule has 1 aliphatic heterocycles. The van der Waals surface area contributed by atoms with Gasteiger partial charge in [0.2, 0.25) is 5.78 Å². The summed E-state index contributed by atoms with van der Waals surface area (Å²) in [4.78, 5) is 23.5. The zero-order chi connectivity index (χ0) is 10.8. The molecule has 1 aromatic heterocycles. The molecule has 0 spiro atoms. The molecule has 1 radical (unpaired) electrons. The Hall–Kier alpha value is -1.14. The topological polar surface area (TPSA) is 60.3 Å². The molecule has 2 heterocycles. The largest absolute Gasteiger partial charge is 0.345 e. The average Bonchev–Trinajstić information content (AvgIpc) is 2.84. The molecular formula is C9H6BrN2O2S. The Morgan fingerprint density at radius 3 is 3.00 bits per heavy atom. The van der Waals surface area contributed by atoms with E-state index in [4.69, 9.17) is 0 Å². The van der Waals surface area contributed by atoms with Crippen LogP contribution in [-0.4, -0.2) is 17.1 Å². The van der Waals surface area contributed by atoms with Gasteiger partial charge in [0.15, 0.2) is 0 Å². The number of halogens is 1. The van der Waals surface area contributed by atoms with Crippen LogP contribution in [0.1, 0.15) is 9.67 Å². The molecular weight excluding hydrogens is 280 g/mol. The first-order chi connectivity index (χ1) is 7.22. The lowest BCUT2D eigenvalue weighted by Crippen LogP contribution is -2.19. The average molecular weight is 286 g/mol. The number of hydrogen-bond acceptors (Lipinski definition) is 3. The van der Waals surface area contributed by atoms with E-state index in [0.29, 0.717) is 15.9 Å². The highest BCUT2D eigenvalue weighted by Crippen LogP contribution is 2.18. The third kappa shape index (κ3) is 1.95. The molecule has 4 nitrogen and oxygen atoms in total. The van der Waals surface area contributed by atoms with Gasteiger partial charge in [0.25, 0.3) is 0 Å². The first-order valence-corrected chi connectivity index (χ1v) is 6.12. The molecule has 15 heavy (non-hydrogen) atoms. The number of thiophene rings is 1. The van der Waals surface area contributed by atoms with Crippen LogP contribution < -0.4 is 10.6 Å². The van der Waals surface area contributed by atoms with Crippen molar-refractivity contribution in [1.82, 2.24) is 10.6 Å². The van der Waals surface area contributed by atoms with Gasteiger partial charge in [-0.25, -0.2) is 4.79 Å². The molecule has 77 valence electrons. The van der Waals surface area contributed by atoms with Gasteiger partial charge in [-0.1, -0.05) is 22.0 Å². The minimum Gasteiger partial charge on any atom is -0.307 e. The number of Topliss-reactive ketones (excluding diaryl/α,β-unsaturated/α-hetero) is 1. The van der Waals surface area contributed by atoms with Gasteiger partial charge < -0.3 is 5.32 Å². The molecule has 1 aliphatic rings. The quantitative estimate of drug-likeness (QED) is 0.681. The number of carbonyl (C=O) groups excluding carboxylic acids is 2. The van der Waals surface area contributed by atoms with E-state index in [1.54, 1.807) is 12.1 Å². The molecule has 1 aromatic rings. The standard InChI is InChI=1S/C9H6BrN2O2S/c10-4-5-7(12-9(14)11-5)8(13)6-2-1-3-15-6/h1-3H,4H2,(H,11,14). The van der Waals surface area contributed by atoms with Crippen molar-refractivity contribution < 1.29 is 9.59 Å². The summed E-state index contributed by atoms with van der Waals surface area (Å²) in [6, 6.07) is 3.02. The summed E-state index contributed by atoms with van der Waals surface area (Å²) in [6.45, 7) is 0. The molecule has 2 amide bonds. The number of allylic oxidation sites excluding steroid dienone is 2. The monoisotopic (exact) mass is 285 g/mol. The Morgan fingerprint density at radius 1 is 1.60 bits per heavy atom. The summed E-state index contributed by atoms with van der Waals surface area (Å²) >= 11 is 4.53. The Kier molecular flexibility index (Phi) is 2.88. The second-order valence-electron chi connectivity index (χ2n) is 2.81. The number of hydrogen-bond donors (Lipinski definition) is 1. The number of ketones is 1. The van der Waals surface area contributed by atoms with Gasteiger partial charge in [-0.15, -0.1) is 11.3 Å². The zero-order valence-electron chi connectivity index (χ0n) is 7.49. The second kappa shape index (κ2) is 4.16. The first-order valence-electron chi connectivity index (χ1n) is 4.12. The number of amides is 2. The third-order valence-corrected chi connectivity index (χ3v) is 3.28. The highest BCUT2D eigenvalue weighted by atomic mass is 79.9. The fourth-order valence-electron chi connectivity index (χ4n) is 1.19. The summed E-state index contributed by atoms with van der Waals surface area (Å²) in [5.74, 6) is -0.210. The SMILES string of the molecule is O=C1[N]C(C(=O)c2cccs2)=C(CBr)N1. The van der Waals surface area contributed by atoms with E-state index in [9.17, 15) is 9.59 Å². The van der Waals surface area contributed by atoms with Crippen LogP contribution in [0.3, 0.4) is 0 Å². The van der Waals surface area contributed by atoms with Crippen molar-refractivity contribution in [2.24, 2.45) is 0 Å². The molecule has 2 rings (SSSR count). The number of urea groups is 1. The highest BCUT2D eigenvalue weighted by Gasteiger charge is 2.28. The molecule has 0 fully saturated rings. The van der Waals surface area contributed by atoms with E-state index in [2.05, 4.69) is 26.6 Å². The second-order valence-corrected chi connectivity index (χ2v) is 4.32. The van der Waals surface area contributed by atoms with Gasteiger partial charge in [0.1, 0.15) is 5.70 Å². The van der Waals surface area contributed by atoms with Gasteiger partial charge >= 0.3 is 6.03 Å². The van der Waals surface area contributed by atoms with Gasteiger partial charge in [-0.2, -0.15) is 5.32 Å². The van der Waals surface area contributed by atoms with Crippen LogP contribution in [0.15, 0.2) is 28.9 Å². The van der Waals surface area contributed by atoms with E-state index >= 15 is 0 Å². The molecule has 0 saturated heterocycles. The predicted molar refractivity (Wildman–Crippen MR) is 60.1 cm³/mol. The molecule has 0 unspecified atom stereocenters. The van der Waals surface area contributed by atoms with E-state index in [-0.39, 0.29) is 11.5 Å². The van der Waals surface area contributed by atoms with Crippen LogP contribution in [0.4, 0.5) is 4.79 Å². The summed E-state index contributed by atoms with van der Waals surface area (Å²) in [5.41, 5.74) is 0.734. The number of nitrogens with one attached hydrogen (secondary N) is 1. The molecule has 0 aromatic carbocycles. The van der Waals surface area contributed by atoms with Crippen molar-refractivity contribution in [3.05, 3.63) is 33.8 Å². The lowest BCUT2D eigenvalue weighted by Gasteiger charge is -1.98. The van der Waals surface area contributed by atoms with E-state index in [1.165, 1.54) is 11.3 Å². The molecule has 0 bridgehead atoms. The maximum Gasteiger partial charge on any atom is 0.345 e. The fourth-order valence-corrected chi connectivity index (χ4v) is 2.26. The van der Waals surface area contributed by atoms with Crippen molar-refractivity contribution in [3.63, 3.8) is 0 Å². The Labute approximate surface area is 98.5 Å². The van der Waals surface area contributed by atoms with E-state index < -0.39 is 6.03 Å². The third-order valence-electron chi connectivity index (χ3n) is 1.85. The normalized spacial score (nSPS) is 15.1. The van der Waals surface area contributed by atoms with Crippen molar-refractivity contribution in [1.29, 1.82) is 0 Å².